The quantitative estimate of drug-likeness (QED) is 0.827. The fraction of sp³-hybridized carbons (Fsp3) is 0.625. The summed E-state index contributed by atoms with van der Waals surface area (Å²) in [6.45, 7) is 2.49. The minimum absolute atomic E-state index is 0.129. The Kier molecular flexibility index (Phi) is 4.91. The molecule has 0 radical (unpaired) electrons. The molecule has 3 rings (SSSR count). The van der Waals surface area contributed by atoms with Crippen LogP contribution in [0.25, 0.3) is 0 Å². The van der Waals surface area contributed by atoms with Crippen molar-refractivity contribution < 1.29 is 17.9 Å². The highest BCUT2D eigenvalue weighted by Crippen LogP contribution is 2.36. The van der Waals surface area contributed by atoms with Gasteiger partial charge in [0, 0.05) is 20.2 Å². The van der Waals surface area contributed by atoms with Gasteiger partial charge in [0.25, 0.3) is 0 Å². The van der Waals surface area contributed by atoms with E-state index in [-0.39, 0.29) is 17.0 Å². The zero-order valence-corrected chi connectivity index (χ0v) is 14.5. The summed E-state index contributed by atoms with van der Waals surface area (Å²) >= 11 is 0. The molecule has 1 aromatic rings. The van der Waals surface area contributed by atoms with Crippen LogP contribution in [0.5, 0.6) is 5.75 Å². The van der Waals surface area contributed by atoms with Crippen molar-refractivity contribution in [2.45, 2.75) is 29.9 Å². The number of ether oxygens (including phenoxy) is 2. The van der Waals surface area contributed by atoms with Gasteiger partial charge < -0.3 is 14.4 Å². The van der Waals surface area contributed by atoms with Crippen LogP contribution in [0.15, 0.2) is 29.2 Å². The molecule has 128 valence electrons. The highest BCUT2D eigenvalue weighted by atomic mass is 32.2. The second-order valence-electron chi connectivity index (χ2n) is 6.16. The van der Waals surface area contributed by atoms with Gasteiger partial charge in [-0.2, -0.15) is 4.31 Å². The van der Waals surface area contributed by atoms with Crippen molar-refractivity contribution in [1.82, 2.24) is 9.21 Å². The van der Waals surface area contributed by atoms with Gasteiger partial charge in [-0.1, -0.05) is 12.1 Å². The number of benzene rings is 1. The molecular formula is C16H24N2O4S. The van der Waals surface area contributed by atoms with E-state index in [9.17, 15) is 8.42 Å². The molecule has 2 atom stereocenters. The number of hydrogen-bond donors (Lipinski definition) is 0. The highest BCUT2D eigenvalue weighted by molar-refractivity contribution is 7.89. The van der Waals surface area contributed by atoms with E-state index < -0.39 is 10.0 Å². The van der Waals surface area contributed by atoms with Gasteiger partial charge in [0.1, 0.15) is 16.7 Å². The molecule has 0 spiro atoms. The first-order valence-corrected chi connectivity index (χ1v) is 9.43. The molecule has 1 fully saturated rings. The summed E-state index contributed by atoms with van der Waals surface area (Å²) in [6.07, 6.45) is 1.45. The zero-order chi connectivity index (χ0) is 16.4. The SMILES string of the molecule is COCCN1[C@H]2CCN(C)CC[C@@H]2Oc2ccccc2S1(=O)=O. The van der Waals surface area contributed by atoms with Gasteiger partial charge in [0.2, 0.25) is 10.0 Å². The Morgan fingerprint density at radius 3 is 2.78 bits per heavy atom. The molecule has 0 aliphatic carbocycles. The van der Waals surface area contributed by atoms with Crippen LogP contribution in [0.3, 0.4) is 0 Å². The smallest absolute Gasteiger partial charge is 0.247 e. The maximum atomic E-state index is 13.2. The van der Waals surface area contributed by atoms with Crippen molar-refractivity contribution in [3.8, 4) is 5.75 Å². The number of sulfonamides is 1. The summed E-state index contributed by atoms with van der Waals surface area (Å²) in [5.74, 6) is 0.465. The average Bonchev–Trinajstić information content (AvgIpc) is 2.75. The lowest BCUT2D eigenvalue weighted by Crippen LogP contribution is -2.48. The van der Waals surface area contributed by atoms with Gasteiger partial charge in [-0.25, -0.2) is 8.42 Å². The Balaban J connectivity index is 2.05. The molecule has 2 heterocycles. The normalized spacial score (nSPS) is 28.1. The van der Waals surface area contributed by atoms with Crippen molar-refractivity contribution in [2.24, 2.45) is 0 Å². The van der Waals surface area contributed by atoms with Crippen LogP contribution in [0, 0.1) is 0 Å². The molecule has 0 N–H and O–H groups in total. The lowest BCUT2D eigenvalue weighted by atomic mass is 10.1. The van der Waals surface area contributed by atoms with Crippen LogP contribution in [0.2, 0.25) is 0 Å². The second kappa shape index (κ2) is 6.76. The standard InChI is InChI=1S/C16H24N2O4S/c1-17-9-7-13-14(8-10-17)22-15-5-3-4-6-16(15)23(19,20)18(13)11-12-21-2/h3-6,13-14H,7-12H2,1-2H3/t13-,14-/m0/s1. The number of fused-ring (bicyclic) bond motifs is 2. The molecule has 1 saturated heterocycles. The zero-order valence-electron chi connectivity index (χ0n) is 13.6. The van der Waals surface area contributed by atoms with Gasteiger partial charge in [0.15, 0.2) is 0 Å². The third-order valence-corrected chi connectivity index (χ3v) is 6.59. The predicted molar refractivity (Wildman–Crippen MR) is 87.1 cm³/mol. The van der Waals surface area contributed by atoms with Gasteiger partial charge in [-0.15, -0.1) is 0 Å². The first kappa shape index (κ1) is 16.7. The lowest BCUT2D eigenvalue weighted by molar-refractivity contribution is 0.0958. The molecule has 2 aliphatic heterocycles. The van der Waals surface area contributed by atoms with Crippen LogP contribution < -0.4 is 4.74 Å². The molecule has 6 nitrogen and oxygen atoms in total. The third-order valence-electron chi connectivity index (χ3n) is 4.63. The Morgan fingerprint density at radius 2 is 2.00 bits per heavy atom. The minimum atomic E-state index is -3.59. The van der Waals surface area contributed by atoms with Crippen molar-refractivity contribution in [1.29, 1.82) is 0 Å². The summed E-state index contributed by atoms with van der Waals surface area (Å²) in [5.41, 5.74) is 0. The number of hydrogen-bond acceptors (Lipinski definition) is 5. The summed E-state index contributed by atoms with van der Waals surface area (Å²) < 4.78 is 39.2. The van der Waals surface area contributed by atoms with Gasteiger partial charge in [-0.05, 0) is 38.6 Å². The van der Waals surface area contributed by atoms with Crippen LogP contribution in [-0.4, -0.2) is 70.2 Å². The van der Waals surface area contributed by atoms with Crippen molar-refractivity contribution in [2.75, 3.05) is 40.4 Å². The maximum Gasteiger partial charge on any atom is 0.247 e. The van der Waals surface area contributed by atoms with E-state index >= 15 is 0 Å². The number of methoxy groups -OCH3 is 1. The van der Waals surface area contributed by atoms with Crippen molar-refractivity contribution in [3.05, 3.63) is 24.3 Å². The molecule has 0 unspecified atom stereocenters. The van der Waals surface area contributed by atoms with E-state index in [0.29, 0.717) is 18.9 Å². The number of rotatable bonds is 3. The maximum absolute atomic E-state index is 13.2. The first-order valence-electron chi connectivity index (χ1n) is 7.99. The van der Waals surface area contributed by atoms with Gasteiger partial charge in [0.05, 0.1) is 12.6 Å². The van der Waals surface area contributed by atoms with Crippen LogP contribution >= 0.6 is 0 Å². The van der Waals surface area contributed by atoms with Crippen LogP contribution in [-0.2, 0) is 14.8 Å². The summed E-state index contributed by atoms with van der Waals surface area (Å²) in [7, 11) is 0.0673. The number of para-hydroxylation sites is 1. The number of nitrogens with zero attached hydrogens (tertiary/aromatic N) is 2. The molecule has 0 bridgehead atoms. The predicted octanol–water partition coefficient (Wildman–Crippen LogP) is 1.18. The van der Waals surface area contributed by atoms with E-state index in [1.54, 1.807) is 29.6 Å². The topological polar surface area (TPSA) is 59.1 Å². The largest absolute Gasteiger partial charge is 0.487 e. The van der Waals surface area contributed by atoms with Crippen molar-refractivity contribution in [3.63, 3.8) is 0 Å². The van der Waals surface area contributed by atoms with Gasteiger partial charge >= 0.3 is 0 Å². The Labute approximate surface area is 138 Å². The summed E-state index contributed by atoms with van der Waals surface area (Å²) in [4.78, 5) is 2.49. The molecular weight excluding hydrogens is 316 g/mol. The first-order chi connectivity index (χ1) is 11.0. The minimum Gasteiger partial charge on any atom is -0.487 e. The molecule has 0 saturated carbocycles. The van der Waals surface area contributed by atoms with Gasteiger partial charge in [-0.3, -0.25) is 0 Å². The lowest BCUT2D eigenvalue weighted by Gasteiger charge is -2.31. The highest BCUT2D eigenvalue weighted by Gasteiger charge is 2.42. The molecule has 7 heteroatoms. The molecule has 0 aromatic heterocycles. The Hall–Kier alpha value is -1.15. The van der Waals surface area contributed by atoms with E-state index in [4.69, 9.17) is 9.47 Å². The fourth-order valence-electron chi connectivity index (χ4n) is 3.35. The van der Waals surface area contributed by atoms with Crippen LogP contribution in [0.1, 0.15) is 12.8 Å². The van der Waals surface area contributed by atoms with Crippen molar-refractivity contribution >= 4 is 10.0 Å². The van der Waals surface area contributed by atoms with E-state index in [0.717, 1.165) is 25.9 Å². The third kappa shape index (κ3) is 3.24. The van der Waals surface area contributed by atoms with E-state index in [1.807, 2.05) is 6.07 Å². The molecule has 1 aromatic carbocycles. The fourth-order valence-corrected chi connectivity index (χ4v) is 5.14. The molecule has 23 heavy (non-hydrogen) atoms. The van der Waals surface area contributed by atoms with Crippen LogP contribution in [0.4, 0.5) is 0 Å². The summed E-state index contributed by atoms with van der Waals surface area (Å²) in [6, 6.07) is 6.77. The molecule has 0 amide bonds. The molecule has 2 aliphatic rings. The van der Waals surface area contributed by atoms with E-state index in [2.05, 4.69) is 11.9 Å². The second-order valence-corrected chi connectivity index (χ2v) is 8.02. The summed E-state index contributed by atoms with van der Waals surface area (Å²) in [5, 5.41) is 0. The number of likely N-dealkylation sites (tertiary alicyclic amines) is 1. The van der Waals surface area contributed by atoms with E-state index in [1.165, 1.54) is 0 Å². The monoisotopic (exact) mass is 340 g/mol. The Morgan fingerprint density at radius 1 is 1.26 bits per heavy atom. The Bertz CT molecular complexity index is 649. The average molecular weight is 340 g/mol.